The molecular weight excluding hydrogens is 313 g/mol. The molecule has 0 aliphatic heterocycles. The molecule has 21 heavy (non-hydrogen) atoms. The van der Waals surface area contributed by atoms with Crippen LogP contribution in [-0.4, -0.2) is 13.4 Å². The highest BCUT2D eigenvalue weighted by Gasteiger charge is 2.23. The number of halogens is 1. The van der Waals surface area contributed by atoms with Gasteiger partial charge in [0.25, 0.3) is 10.0 Å². The molecule has 0 fully saturated rings. The maximum Gasteiger partial charge on any atom is 0.264 e. The van der Waals surface area contributed by atoms with Crippen LogP contribution < -0.4 is 10.5 Å². The lowest BCUT2D eigenvalue weighted by Crippen LogP contribution is -2.15. The normalized spacial score (nSPS) is 14.2. The third kappa shape index (κ3) is 2.60. The van der Waals surface area contributed by atoms with E-state index >= 15 is 0 Å². The molecule has 0 radical (unpaired) electrons. The number of thiazole rings is 1. The lowest BCUT2D eigenvalue weighted by molar-refractivity contribution is 0.599. The van der Waals surface area contributed by atoms with Crippen LogP contribution >= 0.6 is 11.3 Å². The van der Waals surface area contributed by atoms with Gasteiger partial charge in [-0.2, -0.15) is 0 Å². The average Bonchev–Trinajstić information content (AvgIpc) is 2.93. The third-order valence-electron chi connectivity index (χ3n) is 3.40. The van der Waals surface area contributed by atoms with E-state index in [4.69, 9.17) is 5.73 Å². The number of nitrogen functional groups attached to an aromatic ring is 1. The van der Waals surface area contributed by atoms with Crippen LogP contribution in [0.2, 0.25) is 0 Å². The maximum atomic E-state index is 13.3. The van der Waals surface area contributed by atoms with Crippen molar-refractivity contribution >= 4 is 32.2 Å². The first-order chi connectivity index (χ1) is 9.87. The number of hydrogen-bond donors (Lipinski definition) is 2. The van der Waals surface area contributed by atoms with E-state index in [1.807, 2.05) is 0 Å². The number of hydrogen-bond acceptors (Lipinski definition) is 5. The Morgan fingerprint density at radius 1 is 1.38 bits per heavy atom. The predicted octanol–water partition coefficient (Wildman–Crippen LogP) is 2.46. The van der Waals surface area contributed by atoms with Gasteiger partial charge >= 0.3 is 0 Å². The standard InChI is InChI=1S/C13H14FN3O2S2/c1-7-5-8(14)9(15)6-12(7)21(18,19)17-13-16-10-3-2-4-11(10)20-13/h5-6H,2-4,15H2,1H3,(H,16,17). The molecule has 112 valence electrons. The van der Waals surface area contributed by atoms with Crippen LogP contribution in [0.3, 0.4) is 0 Å². The van der Waals surface area contributed by atoms with Crippen molar-refractivity contribution in [3.63, 3.8) is 0 Å². The number of anilines is 2. The van der Waals surface area contributed by atoms with E-state index < -0.39 is 15.8 Å². The molecule has 1 aromatic heterocycles. The van der Waals surface area contributed by atoms with Gasteiger partial charge in [0.1, 0.15) is 5.82 Å². The average molecular weight is 327 g/mol. The topological polar surface area (TPSA) is 85.1 Å². The van der Waals surface area contributed by atoms with Gasteiger partial charge in [-0.25, -0.2) is 17.8 Å². The second kappa shape index (κ2) is 4.96. The smallest absolute Gasteiger partial charge is 0.264 e. The van der Waals surface area contributed by atoms with Crippen molar-refractivity contribution in [2.75, 3.05) is 10.5 Å². The summed E-state index contributed by atoms with van der Waals surface area (Å²) in [6.07, 6.45) is 2.89. The lowest BCUT2D eigenvalue weighted by Gasteiger charge is -2.09. The fourth-order valence-corrected chi connectivity index (χ4v) is 4.91. The van der Waals surface area contributed by atoms with E-state index in [0.717, 1.165) is 42.0 Å². The van der Waals surface area contributed by atoms with E-state index in [1.165, 1.54) is 18.3 Å². The zero-order valence-electron chi connectivity index (χ0n) is 11.3. The van der Waals surface area contributed by atoms with Gasteiger partial charge in [-0.05, 0) is 43.9 Å². The minimum atomic E-state index is -3.82. The zero-order chi connectivity index (χ0) is 15.2. The molecule has 2 aromatic rings. The molecule has 1 aromatic carbocycles. The molecule has 1 aliphatic carbocycles. The van der Waals surface area contributed by atoms with Gasteiger partial charge in [0.2, 0.25) is 0 Å². The summed E-state index contributed by atoms with van der Waals surface area (Å²) >= 11 is 1.35. The van der Waals surface area contributed by atoms with Crippen LogP contribution in [0.1, 0.15) is 22.6 Å². The number of benzene rings is 1. The van der Waals surface area contributed by atoms with Gasteiger partial charge in [0.05, 0.1) is 16.3 Å². The summed E-state index contributed by atoms with van der Waals surface area (Å²) in [7, 11) is -3.82. The molecule has 0 spiro atoms. The maximum absolute atomic E-state index is 13.3. The van der Waals surface area contributed by atoms with Crippen molar-refractivity contribution in [3.8, 4) is 0 Å². The molecule has 8 heteroatoms. The SMILES string of the molecule is Cc1cc(F)c(N)cc1S(=O)(=O)Nc1nc2c(s1)CCC2. The highest BCUT2D eigenvalue weighted by Crippen LogP contribution is 2.32. The van der Waals surface area contributed by atoms with Crippen LogP contribution in [0.25, 0.3) is 0 Å². The summed E-state index contributed by atoms with van der Waals surface area (Å²) in [5, 5.41) is 0.349. The summed E-state index contributed by atoms with van der Waals surface area (Å²) in [5.41, 5.74) is 6.54. The Hall–Kier alpha value is -1.67. The Balaban J connectivity index is 1.95. The largest absolute Gasteiger partial charge is 0.396 e. The van der Waals surface area contributed by atoms with Crippen molar-refractivity contribution in [2.45, 2.75) is 31.1 Å². The van der Waals surface area contributed by atoms with Gasteiger partial charge in [-0.3, -0.25) is 4.72 Å². The molecule has 3 rings (SSSR count). The number of nitrogens with zero attached hydrogens (tertiary/aromatic N) is 1. The summed E-state index contributed by atoms with van der Waals surface area (Å²) in [6, 6.07) is 2.25. The zero-order valence-corrected chi connectivity index (χ0v) is 12.9. The van der Waals surface area contributed by atoms with E-state index in [-0.39, 0.29) is 10.6 Å². The minimum Gasteiger partial charge on any atom is -0.396 e. The van der Waals surface area contributed by atoms with Gasteiger partial charge in [-0.1, -0.05) is 0 Å². The monoisotopic (exact) mass is 327 g/mol. The Labute approximate surface area is 126 Å². The number of aryl methyl sites for hydroxylation is 3. The predicted molar refractivity (Wildman–Crippen MR) is 80.5 cm³/mol. The number of sulfonamides is 1. The van der Waals surface area contributed by atoms with E-state index in [1.54, 1.807) is 0 Å². The molecule has 0 bridgehead atoms. The first-order valence-corrected chi connectivity index (χ1v) is 8.74. The molecule has 1 aliphatic rings. The molecule has 1 heterocycles. The highest BCUT2D eigenvalue weighted by atomic mass is 32.2. The van der Waals surface area contributed by atoms with Crippen LogP contribution in [0.5, 0.6) is 0 Å². The second-order valence-electron chi connectivity index (χ2n) is 4.99. The second-order valence-corrected chi connectivity index (χ2v) is 7.72. The molecular formula is C13H14FN3O2S2. The van der Waals surface area contributed by atoms with Crippen LogP contribution in [0.15, 0.2) is 17.0 Å². The summed E-state index contributed by atoms with van der Waals surface area (Å²) in [6.45, 7) is 1.53. The summed E-state index contributed by atoms with van der Waals surface area (Å²) in [4.78, 5) is 5.39. The van der Waals surface area contributed by atoms with Gasteiger partial charge in [-0.15, -0.1) is 11.3 Å². The summed E-state index contributed by atoms with van der Waals surface area (Å²) < 4.78 is 40.6. The Kier molecular flexibility index (Phi) is 3.37. The molecule has 0 amide bonds. The third-order valence-corrected chi connectivity index (χ3v) is 6.08. The minimum absolute atomic E-state index is 0.0308. The number of nitrogens with one attached hydrogen (secondary N) is 1. The van der Waals surface area contributed by atoms with Crippen LogP contribution in [0, 0.1) is 12.7 Å². The first kappa shape index (κ1) is 14.3. The Morgan fingerprint density at radius 3 is 2.86 bits per heavy atom. The Morgan fingerprint density at radius 2 is 2.14 bits per heavy atom. The molecule has 3 N–H and O–H groups in total. The fourth-order valence-electron chi connectivity index (χ4n) is 2.36. The lowest BCUT2D eigenvalue weighted by atomic mass is 10.2. The molecule has 0 saturated carbocycles. The number of aromatic nitrogens is 1. The molecule has 0 unspecified atom stereocenters. The molecule has 5 nitrogen and oxygen atoms in total. The van der Waals surface area contributed by atoms with Crippen molar-refractivity contribution in [1.82, 2.24) is 4.98 Å². The fraction of sp³-hybridized carbons (Fsp3) is 0.308. The Bertz CT molecular complexity index is 794. The molecule has 0 atom stereocenters. The van der Waals surface area contributed by atoms with Gasteiger partial charge in [0, 0.05) is 4.88 Å². The number of nitrogens with two attached hydrogens (primary N) is 1. The van der Waals surface area contributed by atoms with Crippen molar-refractivity contribution in [1.29, 1.82) is 0 Å². The van der Waals surface area contributed by atoms with Gasteiger partial charge in [0.15, 0.2) is 5.13 Å². The quantitative estimate of drug-likeness (QED) is 0.848. The number of fused-ring (bicyclic) bond motifs is 1. The van der Waals surface area contributed by atoms with E-state index in [9.17, 15) is 12.8 Å². The van der Waals surface area contributed by atoms with Crippen molar-refractivity contribution < 1.29 is 12.8 Å². The van der Waals surface area contributed by atoms with E-state index in [0.29, 0.717) is 10.7 Å². The van der Waals surface area contributed by atoms with Crippen molar-refractivity contribution in [2.24, 2.45) is 0 Å². The number of rotatable bonds is 3. The molecule has 0 saturated heterocycles. The van der Waals surface area contributed by atoms with Gasteiger partial charge < -0.3 is 5.73 Å². The highest BCUT2D eigenvalue weighted by molar-refractivity contribution is 7.93. The van der Waals surface area contributed by atoms with Crippen molar-refractivity contribution in [3.05, 3.63) is 34.1 Å². The summed E-state index contributed by atoms with van der Waals surface area (Å²) in [5.74, 6) is -0.625. The van der Waals surface area contributed by atoms with Crippen LogP contribution in [0.4, 0.5) is 15.2 Å². The van der Waals surface area contributed by atoms with Crippen LogP contribution in [-0.2, 0) is 22.9 Å². The first-order valence-electron chi connectivity index (χ1n) is 6.44. The van der Waals surface area contributed by atoms with E-state index in [2.05, 4.69) is 9.71 Å².